The van der Waals surface area contributed by atoms with E-state index < -0.39 is 30.6 Å². The summed E-state index contributed by atoms with van der Waals surface area (Å²) in [5, 5.41) is 10.4. The van der Waals surface area contributed by atoms with Gasteiger partial charge in [0.1, 0.15) is 12.6 Å². The number of benzene rings is 2. The first kappa shape index (κ1) is 23.9. The lowest BCUT2D eigenvalue weighted by Gasteiger charge is -2.30. The van der Waals surface area contributed by atoms with E-state index in [9.17, 15) is 19.5 Å². The largest absolute Gasteiger partial charge is 0.480 e. The molecule has 2 amide bonds. The Hall–Kier alpha value is -3.39. The Morgan fingerprint density at radius 2 is 1.71 bits per heavy atom. The number of rotatable bonds is 10. The summed E-state index contributed by atoms with van der Waals surface area (Å²) in [5.74, 6) is -1.62. The summed E-state index contributed by atoms with van der Waals surface area (Å²) in [7, 11) is 1.46. The quantitative estimate of drug-likeness (QED) is 0.447. The molecule has 0 spiro atoms. The molecule has 31 heavy (non-hydrogen) atoms. The van der Waals surface area contributed by atoms with Crippen molar-refractivity contribution in [2.24, 2.45) is 0 Å². The van der Waals surface area contributed by atoms with Crippen LogP contribution in [0, 0.1) is 6.92 Å². The number of hydrogen-bond acceptors (Lipinski definition) is 5. The van der Waals surface area contributed by atoms with Gasteiger partial charge < -0.3 is 9.84 Å². The molecule has 1 unspecified atom stereocenters. The zero-order valence-corrected chi connectivity index (χ0v) is 18.1. The van der Waals surface area contributed by atoms with Gasteiger partial charge in [-0.25, -0.2) is 10.2 Å². The molecule has 0 aliphatic carbocycles. The van der Waals surface area contributed by atoms with Crippen LogP contribution in [0.25, 0.3) is 0 Å². The van der Waals surface area contributed by atoms with Crippen LogP contribution in [0.2, 0.25) is 0 Å². The highest BCUT2D eigenvalue weighted by molar-refractivity contribution is 5.96. The monoisotopic (exact) mass is 427 g/mol. The van der Waals surface area contributed by atoms with Crippen molar-refractivity contribution in [3.05, 3.63) is 65.7 Å². The second-order valence-corrected chi connectivity index (χ2v) is 7.12. The van der Waals surface area contributed by atoms with Gasteiger partial charge in [-0.3, -0.25) is 19.5 Å². The minimum Gasteiger partial charge on any atom is -0.480 e. The van der Waals surface area contributed by atoms with Crippen molar-refractivity contribution in [3.63, 3.8) is 0 Å². The molecule has 0 radical (unpaired) electrons. The van der Waals surface area contributed by atoms with E-state index in [1.165, 1.54) is 7.05 Å². The molecule has 2 rings (SSSR count). The fraction of sp³-hybridized carbons (Fsp3) is 0.348. The van der Waals surface area contributed by atoms with Crippen LogP contribution in [0.4, 0.5) is 10.5 Å². The van der Waals surface area contributed by atoms with Gasteiger partial charge in [0.15, 0.2) is 0 Å². The molecule has 0 saturated carbocycles. The summed E-state index contributed by atoms with van der Waals surface area (Å²) in [6.07, 6.45) is 1.01. The van der Waals surface area contributed by atoms with Gasteiger partial charge in [0.05, 0.1) is 6.61 Å². The van der Waals surface area contributed by atoms with Crippen LogP contribution in [-0.4, -0.2) is 54.3 Å². The summed E-state index contributed by atoms with van der Waals surface area (Å²) >= 11 is 0. The highest BCUT2D eigenvalue weighted by Crippen LogP contribution is 2.17. The first-order valence-corrected chi connectivity index (χ1v) is 10.1. The number of carbonyl (C=O) groups excluding carboxylic acids is 2. The Labute approximate surface area is 182 Å². The van der Waals surface area contributed by atoms with Gasteiger partial charge in [-0.2, -0.15) is 0 Å². The number of ether oxygens (including phenoxy) is 1. The first-order chi connectivity index (χ1) is 14.8. The zero-order valence-electron chi connectivity index (χ0n) is 18.1. The van der Waals surface area contributed by atoms with Gasteiger partial charge in [0.2, 0.25) is 0 Å². The Bertz CT molecular complexity index is 871. The number of nitrogens with zero attached hydrogens (tertiary/aromatic N) is 2. The number of urea groups is 1. The van der Waals surface area contributed by atoms with E-state index >= 15 is 0 Å². The fourth-order valence-electron chi connectivity index (χ4n) is 3.03. The van der Waals surface area contributed by atoms with Gasteiger partial charge in [-0.15, -0.1) is 0 Å². The summed E-state index contributed by atoms with van der Waals surface area (Å²) in [5.41, 5.74) is 5.37. The van der Waals surface area contributed by atoms with E-state index in [2.05, 4.69) is 5.43 Å². The van der Waals surface area contributed by atoms with E-state index in [1.807, 2.05) is 37.3 Å². The summed E-state index contributed by atoms with van der Waals surface area (Å²) in [6, 6.07) is 15.3. The van der Waals surface area contributed by atoms with Crippen LogP contribution < -0.4 is 10.3 Å². The predicted molar refractivity (Wildman–Crippen MR) is 118 cm³/mol. The Balaban J connectivity index is 2.14. The molecule has 0 aliphatic rings. The number of amides is 2. The standard InChI is InChI=1S/C23H29N3O5/c1-4-31-22(29)20(15-12-18-8-6-5-7-9-18)24-25(3)23(30)26(16-21(27)28)19-13-10-17(2)11-14-19/h5-11,13-14,20,24H,4,12,15-16H2,1-3H3,(H,27,28). The second-order valence-electron chi connectivity index (χ2n) is 7.12. The third-order valence-electron chi connectivity index (χ3n) is 4.64. The molecule has 0 bridgehead atoms. The topological polar surface area (TPSA) is 99.2 Å². The first-order valence-electron chi connectivity index (χ1n) is 10.1. The van der Waals surface area contributed by atoms with Crippen LogP contribution in [-0.2, 0) is 20.7 Å². The second kappa shape index (κ2) is 11.7. The molecule has 0 fully saturated rings. The smallest absolute Gasteiger partial charge is 0.339 e. The molecular formula is C23H29N3O5. The van der Waals surface area contributed by atoms with E-state index in [1.54, 1.807) is 31.2 Å². The van der Waals surface area contributed by atoms with Crippen molar-refractivity contribution in [1.82, 2.24) is 10.4 Å². The molecule has 2 aromatic carbocycles. The Morgan fingerprint density at radius 3 is 2.29 bits per heavy atom. The molecular weight excluding hydrogens is 398 g/mol. The number of aryl methyl sites for hydroxylation is 2. The van der Waals surface area contributed by atoms with Crippen molar-refractivity contribution >= 4 is 23.7 Å². The SMILES string of the molecule is CCOC(=O)C(CCc1ccccc1)NN(C)C(=O)N(CC(=O)O)c1ccc(C)cc1. The van der Waals surface area contributed by atoms with Crippen molar-refractivity contribution in [1.29, 1.82) is 0 Å². The summed E-state index contributed by atoms with van der Waals surface area (Å²) in [4.78, 5) is 38.0. The predicted octanol–water partition coefficient (Wildman–Crippen LogP) is 3.01. The lowest BCUT2D eigenvalue weighted by atomic mass is 10.1. The highest BCUT2D eigenvalue weighted by atomic mass is 16.5. The van der Waals surface area contributed by atoms with Gasteiger partial charge in [0, 0.05) is 12.7 Å². The molecule has 0 saturated heterocycles. The summed E-state index contributed by atoms with van der Waals surface area (Å²) < 4.78 is 5.15. The van der Waals surface area contributed by atoms with E-state index in [0.29, 0.717) is 18.5 Å². The molecule has 8 nitrogen and oxygen atoms in total. The zero-order chi connectivity index (χ0) is 22.8. The lowest BCUT2D eigenvalue weighted by molar-refractivity contribution is -0.147. The molecule has 0 aromatic heterocycles. The van der Waals surface area contributed by atoms with E-state index in [4.69, 9.17) is 4.74 Å². The maximum atomic E-state index is 13.0. The minimum absolute atomic E-state index is 0.217. The average molecular weight is 428 g/mol. The van der Waals surface area contributed by atoms with E-state index in [-0.39, 0.29) is 6.61 Å². The normalized spacial score (nSPS) is 11.5. The number of carboxylic acid groups (broad SMARTS) is 1. The van der Waals surface area contributed by atoms with Crippen LogP contribution in [0.1, 0.15) is 24.5 Å². The van der Waals surface area contributed by atoms with Gasteiger partial charge >= 0.3 is 18.0 Å². The van der Waals surface area contributed by atoms with Crippen LogP contribution in [0.5, 0.6) is 0 Å². The van der Waals surface area contributed by atoms with Crippen LogP contribution in [0.3, 0.4) is 0 Å². The molecule has 1 atom stereocenters. The van der Waals surface area contributed by atoms with Crippen LogP contribution >= 0.6 is 0 Å². The van der Waals surface area contributed by atoms with Crippen molar-refractivity contribution < 1.29 is 24.2 Å². The Morgan fingerprint density at radius 1 is 1.06 bits per heavy atom. The molecule has 2 aromatic rings. The number of carboxylic acids is 1. The molecule has 0 aliphatic heterocycles. The number of aliphatic carboxylic acids is 1. The number of esters is 1. The van der Waals surface area contributed by atoms with Crippen molar-refractivity contribution in [2.45, 2.75) is 32.7 Å². The molecule has 8 heteroatoms. The maximum Gasteiger partial charge on any atom is 0.339 e. The number of anilines is 1. The molecule has 0 heterocycles. The van der Waals surface area contributed by atoms with Crippen molar-refractivity contribution in [3.8, 4) is 0 Å². The van der Waals surface area contributed by atoms with Crippen molar-refractivity contribution in [2.75, 3.05) is 25.1 Å². The average Bonchev–Trinajstić information content (AvgIpc) is 2.75. The van der Waals surface area contributed by atoms with Gasteiger partial charge in [0.25, 0.3) is 0 Å². The maximum absolute atomic E-state index is 13.0. The minimum atomic E-state index is -1.15. The number of nitrogens with one attached hydrogen (secondary N) is 1. The Kier molecular flexibility index (Phi) is 9.02. The number of hydrogen-bond donors (Lipinski definition) is 2. The lowest BCUT2D eigenvalue weighted by Crippen LogP contribution is -2.54. The molecule has 166 valence electrons. The molecule has 2 N–H and O–H groups in total. The highest BCUT2D eigenvalue weighted by Gasteiger charge is 2.27. The number of carbonyl (C=O) groups is 3. The number of hydrazine groups is 1. The van der Waals surface area contributed by atoms with Crippen LogP contribution in [0.15, 0.2) is 54.6 Å². The third kappa shape index (κ3) is 7.42. The van der Waals surface area contributed by atoms with Gasteiger partial charge in [-0.05, 0) is 44.4 Å². The fourth-order valence-corrected chi connectivity index (χ4v) is 3.03. The third-order valence-corrected chi connectivity index (χ3v) is 4.64. The summed E-state index contributed by atoms with van der Waals surface area (Å²) in [6.45, 7) is 3.32. The van der Waals surface area contributed by atoms with Gasteiger partial charge in [-0.1, -0.05) is 48.0 Å². The van der Waals surface area contributed by atoms with E-state index in [0.717, 1.165) is 21.0 Å².